The number of carbonyl (C=O) groups excluding carboxylic acids is 1. The van der Waals surface area contributed by atoms with E-state index in [1.165, 1.54) is 25.7 Å². The maximum absolute atomic E-state index is 12.0. The third-order valence-electron chi connectivity index (χ3n) is 3.83. The minimum atomic E-state index is 0.0564. The quantitative estimate of drug-likeness (QED) is 0.675. The van der Waals surface area contributed by atoms with Gasteiger partial charge in [-0.05, 0) is 25.7 Å². The van der Waals surface area contributed by atoms with Gasteiger partial charge in [-0.3, -0.25) is 10.1 Å². The topological polar surface area (TPSA) is 32.3 Å². The van der Waals surface area contributed by atoms with Gasteiger partial charge in [-0.15, -0.1) is 0 Å². The second-order valence-electron chi connectivity index (χ2n) is 5.93. The van der Waals surface area contributed by atoms with Gasteiger partial charge in [0.15, 0.2) is 0 Å². The number of carbonyl (C=O) groups is 1. The number of hydrogen-bond acceptors (Lipinski definition) is 2. The molecule has 1 heterocycles. The van der Waals surface area contributed by atoms with Gasteiger partial charge < -0.3 is 4.90 Å². The Morgan fingerprint density at radius 2 is 1.89 bits per heavy atom. The van der Waals surface area contributed by atoms with Crippen LogP contribution in [0.4, 0.5) is 0 Å². The highest BCUT2D eigenvalue weighted by Gasteiger charge is 2.34. The number of hydrogen-bond donors (Lipinski definition) is 1. The highest BCUT2D eigenvalue weighted by atomic mass is 16.2. The lowest BCUT2D eigenvalue weighted by molar-refractivity contribution is -0.129. The Bertz CT molecular complexity index is 253. The molecule has 1 aliphatic heterocycles. The molecule has 2 unspecified atom stereocenters. The molecule has 0 bridgehead atoms. The fourth-order valence-corrected chi connectivity index (χ4v) is 2.63. The van der Waals surface area contributed by atoms with Gasteiger partial charge in [-0.2, -0.15) is 0 Å². The van der Waals surface area contributed by atoms with Gasteiger partial charge in [0.2, 0.25) is 5.91 Å². The van der Waals surface area contributed by atoms with Crippen molar-refractivity contribution >= 4 is 5.91 Å². The van der Waals surface area contributed by atoms with E-state index in [-0.39, 0.29) is 12.2 Å². The van der Waals surface area contributed by atoms with E-state index in [0.717, 1.165) is 25.3 Å². The molecule has 0 saturated carbocycles. The summed E-state index contributed by atoms with van der Waals surface area (Å²) in [5.41, 5.74) is 0. The predicted molar refractivity (Wildman–Crippen MR) is 76.3 cm³/mol. The number of nitrogens with one attached hydrogen (secondary N) is 1. The summed E-state index contributed by atoms with van der Waals surface area (Å²) in [4.78, 5) is 14.0. The van der Waals surface area contributed by atoms with Crippen molar-refractivity contribution in [3.8, 4) is 0 Å². The minimum absolute atomic E-state index is 0.0564. The van der Waals surface area contributed by atoms with Crippen LogP contribution in [-0.4, -0.2) is 29.6 Å². The van der Waals surface area contributed by atoms with E-state index in [1.54, 1.807) is 0 Å². The standard InChI is InChI=1S/C15H30N2O/c1-5-14-15(18)17(13(4)16-14)11-9-7-6-8-10-12(2)3/h12-14,16H,5-11H2,1-4H3. The van der Waals surface area contributed by atoms with Crippen molar-refractivity contribution in [3.63, 3.8) is 0 Å². The maximum Gasteiger partial charge on any atom is 0.240 e. The monoisotopic (exact) mass is 254 g/mol. The molecule has 1 fully saturated rings. The molecule has 2 atom stereocenters. The molecule has 3 nitrogen and oxygen atoms in total. The summed E-state index contributed by atoms with van der Waals surface area (Å²) in [7, 11) is 0. The lowest BCUT2D eigenvalue weighted by Gasteiger charge is -2.20. The van der Waals surface area contributed by atoms with E-state index in [2.05, 4.69) is 33.0 Å². The molecule has 1 saturated heterocycles. The van der Waals surface area contributed by atoms with Gasteiger partial charge in [0, 0.05) is 6.54 Å². The molecular formula is C15H30N2O. The lowest BCUT2D eigenvalue weighted by atomic mass is 10.0. The molecule has 0 aromatic heterocycles. The van der Waals surface area contributed by atoms with Crippen LogP contribution in [-0.2, 0) is 4.79 Å². The largest absolute Gasteiger partial charge is 0.326 e. The van der Waals surface area contributed by atoms with Crippen molar-refractivity contribution in [1.29, 1.82) is 0 Å². The summed E-state index contributed by atoms with van der Waals surface area (Å²) in [5.74, 6) is 1.12. The number of rotatable bonds is 8. The zero-order valence-electron chi connectivity index (χ0n) is 12.5. The SMILES string of the molecule is CCC1NC(C)N(CCCCCCC(C)C)C1=O. The first kappa shape index (κ1) is 15.5. The van der Waals surface area contributed by atoms with E-state index < -0.39 is 0 Å². The summed E-state index contributed by atoms with van der Waals surface area (Å²) in [5, 5.41) is 3.35. The molecule has 1 amide bonds. The Kier molecular flexibility index (Phi) is 6.69. The normalized spacial score (nSPS) is 24.3. The molecule has 0 aromatic carbocycles. The summed E-state index contributed by atoms with van der Waals surface area (Å²) in [6, 6.07) is 0.0564. The second kappa shape index (κ2) is 7.78. The molecular weight excluding hydrogens is 224 g/mol. The molecule has 0 spiro atoms. The first-order valence-corrected chi connectivity index (χ1v) is 7.62. The van der Waals surface area contributed by atoms with Crippen LogP contribution in [0.5, 0.6) is 0 Å². The first-order chi connectivity index (χ1) is 8.56. The Hall–Kier alpha value is -0.570. The Balaban J connectivity index is 2.14. The van der Waals surface area contributed by atoms with Gasteiger partial charge >= 0.3 is 0 Å². The van der Waals surface area contributed by atoms with Crippen LogP contribution in [0.3, 0.4) is 0 Å². The molecule has 1 aliphatic rings. The lowest BCUT2D eigenvalue weighted by Crippen LogP contribution is -2.35. The predicted octanol–water partition coefficient (Wildman–Crippen LogP) is 3.15. The molecule has 0 aliphatic carbocycles. The smallest absolute Gasteiger partial charge is 0.240 e. The molecule has 106 valence electrons. The maximum atomic E-state index is 12.0. The minimum Gasteiger partial charge on any atom is -0.326 e. The molecule has 3 heteroatoms. The molecule has 1 rings (SSSR count). The van der Waals surface area contributed by atoms with Crippen molar-refractivity contribution in [2.75, 3.05) is 6.54 Å². The van der Waals surface area contributed by atoms with Gasteiger partial charge in [0.25, 0.3) is 0 Å². The van der Waals surface area contributed by atoms with Crippen molar-refractivity contribution in [1.82, 2.24) is 10.2 Å². The van der Waals surface area contributed by atoms with E-state index in [1.807, 2.05) is 4.90 Å². The zero-order chi connectivity index (χ0) is 13.5. The van der Waals surface area contributed by atoms with Crippen molar-refractivity contribution in [2.45, 2.75) is 78.4 Å². The van der Waals surface area contributed by atoms with Gasteiger partial charge in [-0.1, -0.05) is 46.5 Å². The fourth-order valence-electron chi connectivity index (χ4n) is 2.63. The zero-order valence-corrected chi connectivity index (χ0v) is 12.5. The second-order valence-corrected chi connectivity index (χ2v) is 5.93. The van der Waals surface area contributed by atoms with Gasteiger partial charge in [-0.25, -0.2) is 0 Å². The molecule has 18 heavy (non-hydrogen) atoms. The van der Waals surface area contributed by atoms with Crippen molar-refractivity contribution in [2.24, 2.45) is 5.92 Å². The summed E-state index contributed by atoms with van der Waals surface area (Å²) < 4.78 is 0. The molecule has 1 N–H and O–H groups in total. The van der Waals surface area contributed by atoms with Crippen LogP contribution in [0.1, 0.15) is 66.2 Å². The van der Waals surface area contributed by atoms with Crippen LogP contribution in [0, 0.1) is 5.92 Å². The van der Waals surface area contributed by atoms with Crippen molar-refractivity contribution in [3.05, 3.63) is 0 Å². The van der Waals surface area contributed by atoms with Crippen LogP contribution in [0.15, 0.2) is 0 Å². The van der Waals surface area contributed by atoms with E-state index in [0.29, 0.717) is 5.91 Å². The van der Waals surface area contributed by atoms with E-state index in [9.17, 15) is 4.79 Å². The first-order valence-electron chi connectivity index (χ1n) is 7.62. The van der Waals surface area contributed by atoms with Gasteiger partial charge in [0.05, 0.1) is 12.2 Å². The highest BCUT2D eigenvalue weighted by Crippen LogP contribution is 2.15. The Morgan fingerprint density at radius 1 is 1.22 bits per heavy atom. The number of unbranched alkanes of at least 4 members (excludes halogenated alkanes) is 3. The number of amides is 1. The van der Waals surface area contributed by atoms with Crippen LogP contribution >= 0.6 is 0 Å². The third kappa shape index (κ3) is 4.60. The summed E-state index contributed by atoms with van der Waals surface area (Å²) in [6.07, 6.45) is 7.48. The Labute approximate surface area is 112 Å². The third-order valence-corrected chi connectivity index (χ3v) is 3.83. The van der Waals surface area contributed by atoms with Crippen LogP contribution in [0.2, 0.25) is 0 Å². The fraction of sp³-hybridized carbons (Fsp3) is 0.933. The summed E-state index contributed by atoms with van der Waals surface area (Å²) >= 11 is 0. The van der Waals surface area contributed by atoms with E-state index in [4.69, 9.17) is 0 Å². The molecule has 0 radical (unpaired) electrons. The van der Waals surface area contributed by atoms with Gasteiger partial charge in [0.1, 0.15) is 0 Å². The van der Waals surface area contributed by atoms with Crippen molar-refractivity contribution < 1.29 is 4.79 Å². The Morgan fingerprint density at radius 3 is 2.44 bits per heavy atom. The summed E-state index contributed by atoms with van der Waals surface area (Å²) in [6.45, 7) is 9.64. The number of nitrogens with zero attached hydrogens (tertiary/aromatic N) is 1. The van der Waals surface area contributed by atoms with E-state index >= 15 is 0 Å². The average molecular weight is 254 g/mol. The average Bonchev–Trinajstić information content (AvgIpc) is 2.59. The highest BCUT2D eigenvalue weighted by molar-refractivity contribution is 5.84. The van der Waals surface area contributed by atoms with Crippen LogP contribution < -0.4 is 5.32 Å². The van der Waals surface area contributed by atoms with Crippen LogP contribution in [0.25, 0.3) is 0 Å². The molecule has 0 aromatic rings.